The summed E-state index contributed by atoms with van der Waals surface area (Å²) in [4.78, 5) is 8.92. The molecule has 29 heavy (non-hydrogen) atoms. The summed E-state index contributed by atoms with van der Waals surface area (Å²) in [6.45, 7) is 1.52. The Bertz CT molecular complexity index is 905. The van der Waals surface area contributed by atoms with Gasteiger partial charge in [0, 0.05) is 19.1 Å². The van der Waals surface area contributed by atoms with Gasteiger partial charge in [0.2, 0.25) is 5.95 Å². The van der Waals surface area contributed by atoms with E-state index >= 15 is 0 Å². The zero-order valence-electron chi connectivity index (χ0n) is 16.6. The summed E-state index contributed by atoms with van der Waals surface area (Å²) >= 11 is 0. The minimum absolute atomic E-state index is 0.307. The maximum Gasteiger partial charge on any atom is 0.224 e. The zero-order chi connectivity index (χ0) is 19.8. The third-order valence-electron chi connectivity index (χ3n) is 7.31. The topological polar surface area (TPSA) is 99.6 Å². The number of nitriles is 1. The Labute approximate surface area is 171 Å². The predicted octanol–water partition coefficient (Wildman–Crippen LogP) is 3.53. The molecule has 2 aromatic rings. The quantitative estimate of drug-likeness (QED) is 0.700. The number of anilines is 2. The van der Waals surface area contributed by atoms with Crippen LogP contribution in [0.25, 0.3) is 0 Å². The minimum Gasteiger partial charge on any atom is -0.368 e. The molecule has 1 aromatic carbocycles. The van der Waals surface area contributed by atoms with Crippen molar-refractivity contribution in [2.75, 3.05) is 17.2 Å². The predicted molar refractivity (Wildman–Crippen MR) is 113 cm³/mol. The highest BCUT2D eigenvalue weighted by molar-refractivity contribution is 5.53. The second kappa shape index (κ2) is 7.31. The largest absolute Gasteiger partial charge is 0.368 e. The molecule has 0 radical (unpaired) electrons. The number of hydrogen-bond acceptors (Lipinski definition) is 6. The standard InChI is InChI=1S/C23H28N6/c24-11-19-13-27-22(26-12-15-4-2-1-3-5-15)29-21(19)28-14-23-8-16-6-17(9-23)20(25)18(7-16)10-23/h1-5,13,16-18,20H,6-10,12,14,25H2,(H2,26,27,28,29)/t16?,17-,18+,20?,23?. The van der Waals surface area contributed by atoms with E-state index in [0.717, 1.165) is 12.5 Å². The molecule has 3 unspecified atom stereocenters. The van der Waals surface area contributed by atoms with E-state index in [9.17, 15) is 5.26 Å². The second-order valence-corrected chi connectivity index (χ2v) is 9.31. The Hall–Kier alpha value is -2.65. The van der Waals surface area contributed by atoms with Crippen LogP contribution in [-0.2, 0) is 6.54 Å². The number of aromatic nitrogens is 2. The van der Waals surface area contributed by atoms with Gasteiger partial charge in [0.15, 0.2) is 0 Å². The lowest BCUT2D eigenvalue weighted by atomic mass is 9.48. The van der Waals surface area contributed by atoms with Crippen LogP contribution in [0.4, 0.5) is 11.8 Å². The fraction of sp³-hybridized carbons (Fsp3) is 0.522. The van der Waals surface area contributed by atoms with Gasteiger partial charge < -0.3 is 16.4 Å². The van der Waals surface area contributed by atoms with Gasteiger partial charge in [0.25, 0.3) is 0 Å². The number of nitrogens with one attached hydrogen (secondary N) is 2. The molecule has 5 atom stereocenters. The van der Waals surface area contributed by atoms with Crippen molar-refractivity contribution < 1.29 is 0 Å². The first-order chi connectivity index (χ1) is 14.1. The van der Waals surface area contributed by atoms with E-state index in [2.05, 4.69) is 38.8 Å². The fourth-order valence-electron chi connectivity index (χ4n) is 6.18. The SMILES string of the molecule is N#Cc1cnc(NCc2ccccc2)nc1NCC12CC3C[C@H](C1)C(N)[C@@H](C3)C2. The lowest BCUT2D eigenvalue weighted by Crippen LogP contribution is -2.58. The molecule has 4 N–H and O–H groups in total. The average molecular weight is 389 g/mol. The molecule has 4 bridgehead atoms. The number of rotatable bonds is 6. The van der Waals surface area contributed by atoms with Gasteiger partial charge in [0.1, 0.15) is 17.5 Å². The molecule has 1 aromatic heterocycles. The normalized spacial score (nSPS) is 32.0. The first-order valence-electron chi connectivity index (χ1n) is 10.7. The molecule has 1 heterocycles. The van der Waals surface area contributed by atoms with Gasteiger partial charge in [-0.2, -0.15) is 10.2 Å². The number of hydrogen-bond donors (Lipinski definition) is 3. The maximum atomic E-state index is 9.51. The van der Waals surface area contributed by atoms with Gasteiger partial charge in [-0.15, -0.1) is 0 Å². The molecule has 0 aliphatic heterocycles. The van der Waals surface area contributed by atoms with Crippen LogP contribution in [0.2, 0.25) is 0 Å². The van der Waals surface area contributed by atoms with E-state index in [1.165, 1.54) is 37.7 Å². The van der Waals surface area contributed by atoms with E-state index in [1.54, 1.807) is 6.20 Å². The second-order valence-electron chi connectivity index (χ2n) is 9.31. The van der Waals surface area contributed by atoms with Gasteiger partial charge in [-0.1, -0.05) is 30.3 Å². The molecule has 6 heteroatoms. The lowest BCUT2D eigenvalue weighted by molar-refractivity contribution is -0.0591. The highest BCUT2D eigenvalue weighted by Crippen LogP contribution is 2.59. The van der Waals surface area contributed by atoms with Crippen LogP contribution in [0.3, 0.4) is 0 Å². The van der Waals surface area contributed by atoms with E-state index in [1.807, 2.05) is 18.2 Å². The van der Waals surface area contributed by atoms with E-state index in [4.69, 9.17) is 5.73 Å². The maximum absolute atomic E-state index is 9.51. The fourth-order valence-corrected chi connectivity index (χ4v) is 6.18. The lowest BCUT2D eigenvalue weighted by Gasteiger charge is -2.59. The smallest absolute Gasteiger partial charge is 0.224 e. The minimum atomic E-state index is 0.307. The summed E-state index contributed by atoms with van der Waals surface area (Å²) in [6.07, 6.45) is 7.93. The summed E-state index contributed by atoms with van der Waals surface area (Å²) in [5.41, 5.74) is 8.46. The monoisotopic (exact) mass is 388 g/mol. The molecule has 6 nitrogen and oxygen atoms in total. The molecule has 4 saturated carbocycles. The van der Waals surface area contributed by atoms with Gasteiger partial charge in [-0.3, -0.25) is 0 Å². The third kappa shape index (κ3) is 3.56. The van der Waals surface area contributed by atoms with Crippen LogP contribution in [0.15, 0.2) is 36.5 Å². The van der Waals surface area contributed by atoms with Gasteiger partial charge in [0.05, 0.1) is 6.20 Å². The Morgan fingerprint density at radius 3 is 2.59 bits per heavy atom. The first kappa shape index (κ1) is 18.4. The van der Waals surface area contributed by atoms with Crippen molar-refractivity contribution in [1.29, 1.82) is 5.26 Å². The molecule has 4 aliphatic rings. The number of nitrogens with two attached hydrogens (primary N) is 1. The number of nitrogens with zero attached hydrogens (tertiary/aromatic N) is 3. The number of benzene rings is 1. The van der Waals surface area contributed by atoms with Crippen LogP contribution in [-0.4, -0.2) is 22.6 Å². The Morgan fingerprint density at radius 1 is 1.10 bits per heavy atom. The summed E-state index contributed by atoms with van der Waals surface area (Å²) in [7, 11) is 0. The van der Waals surface area contributed by atoms with Crippen LogP contribution in [0.1, 0.15) is 43.2 Å². The molecule has 0 spiro atoms. The van der Waals surface area contributed by atoms with Crippen molar-refractivity contribution in [2.45, 2.75) is 44.7 Å². The molecular formula is C23H28N6. The molecule has 4 aliphatic carbocycles. The molecule has 4 fully saturated rings. The molecule has 0 saturated heterocycles. The van der Waals surface area contributed by atoms with Crippen LogP contribution in [0, 0.1) is 34.5 Å². The summed E-state index contributed by atoms with van der Waals surface area (Å²) < 4.78 is 0. The highest BCUT2D eigenvalue weighted by atomic mass is 15.1. The van der Waals surface area contributed by atoms with E-state index in [-0.39, 0.29) is 0 Å². The average Bonchev–Trinajstić information content (AvgIpc) is 2.75. The Morgan fingerprint density at radius 2 is 1.86 bits per heavy atom. The Kier molecular flexibility index (Phi) is 4.63. The molecule has 0 amide bonds. The van der Waals surface area contributed by atoms with E-state index < -0.39 is 0 Å². The van der Waals surface area contributed by atoms with Crippen molar-refractivity contribution in [3.63, 3.8) is 0 Å². The zero-order valence-corrected chi connectivity index (χ0v) is 16.6. The first-order valence-corrected chi connectivity index (χ1v) is 10.7. The van der Waals surface area contributed by atoms with Crippen molar-refractivity contribution in [3.8, 4) is 6.07 Å². The van der Waals surface area contributed by atoms with Crippen molar-refractivity contribution >= 4 is 11.8 Å². The molecule has 150 valence electrons. The van der Waals surface area contributed by atoms with Gasteiger partial charge in [-0.05, 0) is 60.8 Å². The third-order valence-corrected chi connectivity index (χ3v) is 7.31. The van der Waals surface area contributed by atoms with Crippen LogP contribution < -0.4 is 16.4 Å². The van der Waals surface area contributed by atoms with Gasteiger partial charge >= 0.3 is 0 Å². The van der Waals surface area contributed by atoms with Crippen LogP contribution in [0.5, 0.6) is 0 Å². The Balaban J connectivity index is 1.29. The van der Waals surface area contributed by atoms with E-state index in [0.29, 0.717) is 47.2 Å². The highest BCUT2D eigenvalue weighted by Gasteiger charge is 2.54. The van der Waals surface area contributed by atoms with Crippen molar-refractivity contribution in [2.24, 2.45) is 28.9 Å². The summed E-state index contributed by atoms with van der Waals surface area (Å²) in [6, 6.07) is 12.8. The molecular weight excluding hydrogens is 360 g/mol. The summed E-state index contributed by atoms with van der Waals surface area (Å²) in [5.74, 6) is 3.36. The van der Waals surface area contributed by atoms with Crippen molar-refractivity contribution in [3.05, 3.63) is 47.7 Å². The van der Waals surface area contributed by atoms with Gasteiger partial charge in [-0.25, -0.2) is 4.98 Å². The summed E-state index contributed by atoms with van der Waals surface area (Å²) in [5, 5.41) is 16.3. The van der Waals surface area contributed by atoms with Crippen molar-refractivity contribution in [1.82, 2.24) is 9.97 Å². The molecule has 6 rings (SSSR count). The van der Waals surface area contributed by atoms with Crippen LogP contribution >= 0.6 is 0 Å².